The number of alkyl halides is 1. The van der Waals surface area contributed by atoms with Gasteiger partial charge < -0.3 is 4.42 Å². The fourth-order valence-corrected chi connectivity index (χ4v) is 1.33. The second-order valence-corrected chi connectivity index (χ2v) is 3.02. The van der Waals surface area contributed by atoms with Crippen LogP contribution < -0.4 is 0 Å². The van der Waals surface area contributed by atoms with Crippen LogP contribution in [0.1, 0.15) is 12.7 Å². The van der Waals surface area contributed by atoms with Crippen LogP contribution in [0.2, 0.25) is 0 Å². The Kier molecular flexibility index (Phi) is 4.19. The van der Waals surface area contributed by atoms with Crippen molar-refractivity contribution in [2.24, 2.45) is 0 Å². The summed E-state index contributed by atoms with van der Waals surface area (Å²) in [6.07, 6.45) is 1.70. The fourth-order valence-electron chi connectivity index (χ4n) is 1.09. The molecule has 1 aromatic rings. The summed E-state index contributed by atoms with van der Waals surface area (Å²) in [7, 11) is 0. The van der Waals surface area contributed by atoms with Gasteiger partial charge in [0, 0.05) is 12.4 Å². The van der Waals surface area contributed by atoms with Gasteiger partial charge in [0.25, 0.3) is 0 Å². The Hall–Kier alpha value is -0.470. The van der Waals surface area contributed by atoms with E-state index in [0.29, 0.717) is 5.88 Å². The zero-order valence-corrected chi connectivity index (χ0v) is 8.05. The highest BCUT2D eigenvalue weighted by molar-refractivity contribution is 6.18. The van der Waals surface area contributed by atoms with Crippen molar-refractivity contribution in [3.63, 3.8) is 0 Å². The molecule has 12 heavy (non-hydrogen) atoms. The number of halogens is 1. The van der Waals surface area contributed by atoms with Crippen LogP contribution in [-0.2, 0) is 6.54 Å². The van der Waals surface area contributed by atoms with Gasteiger partial charge >= 0.3 is 0 Å². The van der Waals surface area contributed by atoms with Gasteiger partial charge in [-0.05, 0) is 18.7 Å². The van der Waals surface area contributed by atoms with Crippen LogP contribution in [0.15, 0.2) is 22.8 Å². The first kappa shape index (κ1) is 9.62. The molecule has 0 aromatic carbocycles. The Labute approximate surface area is 78.1 Å². The lowest BCUT2D eigenvalue weighted by Gasteiger charge is -2.16. The van der Waals surface area contributed by atoms with Crippen LogP contribution in [0.25, 0.3) is 0 Å². The van der Waals surface area contributed by atoms with E-state index in [0.717, 1.165) is 25.4 Å². The Balaban J connectivity index is 2.37. The van der Waals surface area contributed by atoms with Gasteiger partial charge in [0.1, 0.15) is 5.76 Å². The maximum absolute atomic E-state index is 5.64. The van der Waals surface area contributed by atoms with E-state index >= 15 is 0 Å². The van der Waals surface area contributed by atoms with Crippen molar-refractivity contribution < 1.29 is 4.42 Å². The van der Waals surface area contributed by atoms with Crippen molar-refractivity contribution in [3.05, 3.63) is 24.2 Å². The second-order valence-electron chi connectivity index (χ2n) is 2.64. The van der Waals surface area contributed by atoms with Gasteiger partial charge in [-0.2, -0.15) is 0 Å². The Bertz CT molecular complexity index is 198. The molecule has 0 bridgehead atoms. The quantitative estimate of drug-likeness (QED) is 0.658. The number of furan rings is 1. The fraction of sp³-hybridized carbons (Fsp3) is 0.556. The summed E-state index contributed by atoms with van der Waals surface area (Å²) < 4.78 is 5.23. The molecule has 68 valence electrons. The lowest BCUT2D eigenvalue weighted by Crippen LogP contribution is -2.24. The van der Waals surface area contributed by atoms with Crippen molar-refractivity contribution in [1.29, 1.82) is 0 Å². The summed E-state index contributed by atoms with van der Waals surface area (Å²) in [4.78, 5) is 2.24. The average molecular weight is 188 g/mol. The minimum absolute atomic E-state index is 0.675. The molecule has 3 heteroatoms. The first-order valence-corrected chi connectivity index (χ1v) is 4.71. The van der Waals surface area contributed by atoms with Crippen molar-refractivity contribution >= 4 is 11.6 Å². The van der Waals surface area contributed by atoms with E-state index in [1.54, 1.807) is 6.26 Å². The normalized spacial score (nSPS) is 10.9. The van der Waals surface area contributed by atoms with Crippen molar-refractivity contribution in [2.75, 3.05) is 19.0 Å². The van der Waals surface area contributed by atoms with Crippen molar-refractivity contribution in [1.82, 2.24) is 4.90 Å². The number of hydrogen-bond acceptors (Lipinski definition) is 2. The molecule has 0 saturated carbocycles. The zero-order chi connectivity index (χ0) is 8.81. The molecule has 0 amide bonds. The van der Waals surface area contributed by atoms with E-state index in [1.807, 2.05) is 12.1 Å². The van der Waals surface area contributed by atoms with Crippen LogP contribution in [0.5, 0.6) is 0 Å². The summed E-state index contributed by atoms with van der Waals surface area (Å²) in [5.41, 5.74) is 0. The Morgan fingerprint density at radius 3 is 2.92 bits per heavy atom. The molecule has 0 saturated heterocycles. The summed E-state index contributed by atoms with van der Waals surface area (Å²) in [5.74, 6) is 1.68. The van der Waals surface area contributed by atoms with Gasteiger partial charge in [0.05, 0.1) is 12.8 Å². The van der Waals surface area contributed by atoms with Gasteiger partial charge in [-0.15, -0.1) is 11.6 Å². The minimum Gasteiger partial charge on any atom is -0.468 e. The summed E-state index contributed by atoms with van der Waals surface area (Å²) in [5, 5.41) is 0. The molecule has 2 nitrogen and oxygen atoms in total. The molecular weight excluding hydrogens is 174 g/mol. The van der Waals surface area contributed by atoms with E-state index in [9.17, 15) is 0 Å². The van der Waals surface area contributed by atoms with Crippen LogP contribution >= 0.6 is 11.6 Å². The van der Waals surface area contributed by atoms with E-state index < -0.39 is 0 Å². The number of nitrogens with zero attached hydrogens (tertiary/aromatic N) is 1. The largest absolute Gasteiger partial charge is 0.468 e. The molecule has 0 radical (unpaired) electrons. The minimum atomic E-state index is 0.675. The third-order valence-electron chi connectivity index (χ3n) is 1.81. The van der Waals surface area contributed by atoms with E-state index in [2.05, 4.69) is 11.8 Å². The molecule has 1 rings (SSSR count). The highest BCUT2D eigenvalue weighted by atomic mass is 35.5. The maximum atomic E-state index is 5.64. The maximum Gasteiger partial charge on any atom is 0.117 e. The van der Waals surface area contributed by atoms with Crippen molar-refractivity contribution in [3.8, 4) is 0 Å². The third-order valence-corrected chi connectivity index (χ3v) is 1.98. The molecule has 0 aliphatic rings. The molecule has 0 unspecified atom stereocenters. The third kappa shape index (κ3) is 2.88. The summed E-state index contributed by atoms with van der Waals surface area (Å²) >= 11 is 5.64. The molecule has 0 N–H and O–H groups in total. The first-order valence-electron chi connectivity index (χ1n) is 4.17. The van der Waals surface area contributed by atoms with E-state index in [1.165, 1.54) is 0 Å². The molecule has 1 aromatic heterocycles. The zero-order valence-electron chi connectivity index (χ0n) is 7.29. The first-order chi connectivity index (χ1) is 5.86. The summed E-state index contributed by atoms with van der Waals surface area (Å²) in [6, 6.07) is 3.89. The molecule has 0 fully saturated rings. The van der Waals surface area contributed by atoms with E-state index in [4.69, 9.17) is 16.0 Å². The summed E-state index contributed by atoms with van der Waals surface area (Å²) in [6.45, 7) is 4.90. The predicted molar refractivity (Wildman–Crippen MR) is 50.4 cm³/mol. The van der Waals surface area contributed by atoms with Crippen molar-refractivity contribution in [2.45, 2.75) is 13.5 Å². The van der Waals surface area contributed by atoms with Crippen LogP contribution in [0.4, 0.5) is 0 Å². The highest BCUT2D eigenvalue weighted by Gasteiger charge is 2.03. The van der Waals surface area contributed by atoms with Gasteiger partial charge in [0.2, 0.25) is 0 Å². The van der Waals surface area contributed by atoms with Gasteiger partial charge in [-0.3, -0.25) is 4.90 Å². The predicted octanol–water partition coefficient (Wildman–Crippen LogP) is 2.34. The Morgan fingerprint density at radius 2 is 2.42 bits per heavy atom. The number of hydrogen-bond donors (Lipinski definition) is 0. The SMILES string of the molecule is CCN(CCCl)Cc1ccco1. The van der Waals surface area contributed by atoms with Gasteiger partial charge in [0.15, 0.2) is 0 Å². The topological polar surface area (TPSA) is 16.4 Å². The monoisotopic (exact) mass is 187 g/mol. The molecule has 0 spiro atoms. The highest BCUT2D eigenvalue weighted by Crippen LogP contribution is 2.04. The van der Waals surface area contributed by atoms with Crippen LogP contribution in [0.3, 0.4) is 0 Å². The van der Waals surface area contributed by atoms with E-state index in [-0.39, 0.29) is 0 Å². The standard InChI is InChI=1S/C9H14ClNO/c1-2-11(6-5-10)8-9-4-3-7-12-9/h3-4,7H,2,5-6,8H2,1H3. The van der Waals surface area contributed by atoms with Gasteiger partial charge in [-0.1, -0.05) is 6.92 Å². The smallest absolute Gasteiger partial charge is 0.117 e. The lowest BCUT2D eigenvalue weighted by atomic mass is 10.4. The Morgan fingerprint density at radius 1 is 1.58 bits per heavy atom. The number of rotatable bonds is 5. The molecule has 1 heterocycles. The lowest BCUT2D eigenvalue weighted by molar-refractivity contribution is 0.270. The molecule has 0 aliphatic carbocycles. The van der Waals surface area contributed by atoms with Gasteiger partial charge in [-0.25, -0.2) is 0 Å². The average Bonchev–Trinajstić information content (AvgIpc) is 2.56. The molecule has 0 atom stereocenters. The molecular formula is C9H14ClNO. The second kappa shape index (κ2) is 5.22. The van der Waals surface area contributed by atoms with Crippen LogP contribution in [0, 0.1) is 0 Å². The molecule has 0 aliphatic heterocycles. The van der Waals surface area contributed by atoms with Crippen LogP contribution in [-0.4, -0.2) is 23.9 Å².